The third-order valence-electron chi connectivity index (χ3n) is 5.08. The quantitative estimate of drug-likeness (QED) is 0.379. The molecule has 0 N–H and O–H groups in total. The topological polar surface area (TPSA) is 34.0 Å². The van der Waals surface area contributed by atoms with E-state index in [9.17, 15) is 4.39 Å². The number of thiophene rings is 1. The maximum Gasteiger partial charge on any atom is 0.148 e. The average molecular weight is 427 g/mol. The highest BCUT2D eigenvalue weighted by Crippen LogP contribution is 2.34. The Balaban J connectivity index is 1.75. The number of hydrogen-bond acceptors (Lipinski definition) is 5. The second kappa shape index (κ2) is 8.18. The lowest BCUT2D eigenvalue weighted by atomic mass is 10.1. The summed E-state index contributed by atoms with van der Waals surface area (Å²) < 4.78 is 16.1. The number of hydrogen-bond donors (Lipinski definition) is 0. The van der Waals surface area contributed by atoms with E-state index < -0.39 is 0 Å². The minimum Gasteiger partial charge on any atom is -0.293 e. The van der Waals surface area contributed by atoms with Gasteiger partial charge in [-0.25, -0.2) is 14.1 Å². The van der Waals surface area contributed by atoms with Gasteiger partial charge in [0.05, 0.1) is 11.7 Å². The summed E-state index contributed by atoms with van der Waals surface area (Å²) in [5.74, 6) is -0.282. The lowest BCUT2D eigenvalue weighted by molar-refractivity contribution is 0.253. The van der Waals surface area contributed by atoms with Crippen molar-refractivity contribution in [2.45, 2.75) is 33.4 Å². The number of para-hydroxylation sites is 1. The Hall–Kier alpha value is -2.35. The molecule has 0 fully saturated rings. The zero-order valence-corrected chi connectivity index (χ0v) is 18.5. The van der Waals surface area contributed by atoms with Crippen molar-refractivity contribution in [2.75, 3.05) is 7.05 Å². The first-order chi connectivity index (χ1) is 13.9. The highest BCUT2D eigenvalue weighted by molar-refractivity contribution is 7.12. The second-order valence-corrected chi connectivity index (χ2v) is 9.57. The van der Waals surface area contributed by atoms with Gasteiger partial charge in [0, 0.05) is 45.2 Å². The van der Waals surface area contributed by atoms with Crippen molar-refractivity contribution in [2.24, 2.45) is 0 Å². The van der Waals surface area contributed by atoms with Gasteiger partial charge >= 0.3 is 0 Å². The number of thiazole rings is 1. The number of halogens is 1. The summed E-state index contributed by atoms with van der Waals surface area (Å²) in [7, 11) is 2.09. The van der Waals surface area contributed by atoms with Crippen LogP contribution >= 0.6 is 22.7 Å². The Bertz CT molecular complexity index is 1110. The van der Waals surface area contributed by atoms with Gasteiger partial charge in [0.15, 0.2) is 0 Å². The summed E-state index contributed by atoms with van der Waals surface area (Å²) in [6.07, 6.45) is 3.79. The van der Waals surface area contributed by atoms with Crippen LogP contribution in [0.25, 0.3) is 16.9 Å². The number of aromatic nitrogens is 3. The Morgan fingerprint density at radius 2 is 2.03 bits per heavy atom. The van der Waals surface area contributed by atoms with Crippen LogP contribution in [0.4, 0.5) is 4.39 Å². The van der Waals surface area contributed by atoms with Crippen LogP contribution in [0.2, 0.25) is 0 Å². The van der Waals surface area contributed by atoms with Gasteiger partial charge < -0.3 is 0 Å². The van der Waals surface area contributed by atoms with E-state index in [1.807, 2.05) is 23.8 Å². The van der Waals surface area contributed by atoms with E-state index in [2.05, 4.69) is 43.8 Å². The Morgan fingerprint density at radius 1 is 1.24 bits per heavy atom. The molecule has 0 unspecified atom stereocenters. The molecular formula is C22H23FN4S2. The second-order valence-electron chi connectivity index (χ2n) is 7.19. The lowest BCUT2D eigenvalue weighted by Gasteiger charge is -2.22. The predicted molar refractivity (Wildman–Crippen MR) is 118 cm³/mol. The first-order valence-corrected chi connectivity index (χ1v) is 11.1. The number of rotatable bonds is 6. The van der Waals surface area contributed by atoms with Crippen molar-refractivity contribution < 1.29 is 4.39 Å². The normalized spacial score (nSPS) is 12.6. The van der Waals surface area contributed by atoms with Gasteiger partial charge in [-0.3, -0.25) is 4.90 Å². The van der Waals surface area contributed by atoms with Crippen LogP contribution in [0.5, 0.6) is 0 Å². The van der Waals surface area contributed by atoms with Crippen LogP contribution in [0.1, 0.15) is 33.3 Å². The first-order valence-electron chi connectivity index (χ1n) is 9.44. The number of nitrogens with zero attached hydrogens (tertiary/aromatic N) is 4. The van der Waals surface area contributed by atoms with Crippen LogP contribution < -0.4 is 0 Å². The summed E-state index contributed by atoms with van der Waals surface area (Å²) in [6, 6.07) is 9.10. The zero-order valence-electron chi connectivity index (χ0n) is 16.9. The highest BCUT2D eigenvalue weighted by Gasteiger charge is 2.21. The third-order valence-corrected chi connectivity index (χ3v) is 6.99. The monoisotopic (exact) mass is 426 g/mol. The molecule has 7 heteroatoms. The van der Waals surface area contributed by atoms with E-state index in [0.29, 0.717) is 12.2 Å². The molecule has 4 aromatic rings. The minimum absolute atomic E-state index is 0.185. The smallest absolute Gasteiger partial charge is 0.148 e. The van der Waals surface area contributed by atoms with E-state index in [1.54, 1.807) is 39.5 Å². The number of benzene rings is 1. The van der Waals surface area contributed by atoms with Crippen LogP contribution in [-0.4, -0.2) is 26.7 Å². The van der Waals surface area contributed by atoms with Gasteiger partial charge in [-0.1, -0.05) is 12.1 Å². The summed E-state index contributed by atoms with van der Waals surface area (Å²) in [6.45, 7) is 7.06. The fourth-order valence-corrected chi connectivity index (χ4v) is 5.10. The van der Waals surface area contributed by atoms with Crippen LogP contribution in [-0.2, 0) is 6.54 Å². The van der Waals surface area contributed by atoms with Crippen LogP contribution in [0.3, 0.4) is 0 Å². The molecular weight excluding hydrogens is 403 g/mol. The molecule has 0 bridgehead atoms. The standard InChI is InChI=1S/C22H23FN4S2/c1-14-11-18(16(3)29-14)21-17(12-26(4)15(2)22-24-9-10-28-22)13-27(25-21)20-8-6-5-7-19(20)23/h5-11,13,15H,12H2,1-4H3/t15-/m1/s1. The minimum atomic E-state index is -0.282. The molecule has 0 radical (unpaired) electrons. The number of aryl methyl sites for hydroxylation is 2. The molecule has 0 saturated heterocycles. The highest BCUT2D eigenvalue weighted by atomic mass is 32.1. The maximum absolute atomic E-state index is 14.4. The van der Waals surface area contributed by atoms with Crippen LogP contribution in [0.15, 0.2) is 48.1 Å². The van der Waals surface area contributed by atoms with Gasteiger partial charge in [0.2, 0.25) is 0 Å². The third kappa shape index (κ3) is 4.03. The molecule has 3 aromatic heterocycles. The van der Waals surface area contributed by atoms with Gasteiger partial charge in [0.1, 0.15) is 16.5 Å². The zero-order chi connectivity index (χ0) is 20.5. The molecule has 1 aromatic carbocycles. The fraction of sp³-hybridized carbons (Fsp3) is 0.273. The van der Waals surface area contributed by atoms with E-state index in [4.69, 9.17) is 5.10 Å². The van der Waals surface area contributed by atoms with Crippen LogP contribution in [0, 0.1) is 19.7 Å². The molecule has 0 saturated carbocycles. The average Bonchev–Trinajstić information content (AvgIpc) is 3.42. The predicted octanol–water partition coefficient (Wildman–Crippen LogP) is 6.01. The molecule has 4 rings (SSSR count). The summed E-state index contributed by atoms with van der Waals surface area (Å²) in [4.78, 5) is 9.16. The molecule has 4 nitrogen and oxygen atoms in total. The van der Waals surface area contributed by atoms with Crippen molar-refractivity contribution in [1.82, 2.24) is 19.7 Å². The molecule has 0 aliphatic rings. The van der Waals surface area contributed by atoms with Crippen molar-refractivity contribution >= 4 is 22.7 Å². The van der Waals surface area contributed by atoms with Gasteiger partial charge in [-0.05, 0) is 46.0 Å². The van der Waals surface area contributed by atoms with Gasteiger partial charge in [0.25, 0.3) is 0 Å². The molecule has 150 valence electrons. The van der Waals surface area contributed by atoms with Gasteiger partial charge in [-0.15, -0.1) is 22.7 Å². The largest absolute Gasteiger partial charge is 0.293 e. The van der Waals surface area contributed by atoms with E-state index in [1.165, 1.54) is 15.8 Å². The first kappa shape index (κ1) is 19.9. The molecule has 0 aliphatic heterocycles. The van der Waals surface area contributed by atoms with Crippen molar-refractivity contribution in [3.05, 3.63) is 74.2 Å². The molecule has 29 heavy (non-hydrogen) atoms. The SMILES string of the molecule is Cc1cc(-c2nn(-c3ccccc3F)cc2CN(C)[C@H](C)c2nccs2)c(C)s1. The van der Waals surface area contributed by atoms with E-state index >= 15 is 0 Å². The van der Waals surface area contributed by atoms with Crippen molar-refractivity contribution in [3.8, 4) is 16.9 Å². The maximum atomic E-state index is 14.4. The summed E-state index contributed by atoms with van der Waals surface area (Å²) in [5, 5.41) is 7.88. The van der Waals surface area contributed by atoms with E-state index in [-0.39, 0.29) is 11.9 Å². The Kier molecular flexibility index (Phi) is 5.63. The van der Waals surface area contributed by atoms with Gasteiger partial charge in [-0.2, -0.15) is 5.10 Å². The summed E-state index contributed by atoms with van der Waals surface area (Å²) in [5.41, 5.74) is 3.56. The molecule has 0 amide bonds. The Labute approximate surface area is 178 Å². The molecule has 1 atom stereocenters. The lowest BCUT2D eigenvalue weighted by Crippen LogP contribution is -2.21. The van der Waals surface area contributed by atoms with Crippen molar-refractivity contribution in [1.29, 1.82) is 0 Å². The summed E-state index contributed by atoms with van der Waals surface area (Å²) >= 11 is 3.42. The molecule has 3 heterocycles. The fourth-order valence-electron chi connectivity index (χ4n) is 3.41. The Morgan fingerprint density at radius 3 is 2.69 bits per heavy atom. The molecule has 0 spiro atoms. The van der Waals surface area contributed by atoms with Crippen molar-refractivity contribution in [3.63, 3.8) is 0 Å². The van der Waals surface area contributed by atoms with E-state index in [0.717, 1.165) is 21.8 Å². The molecule has 0 aliphatic carbocycles.